The molecule has 5 heterocycles. The number of aromatic nitrogens is 4. The molecule has 0 saturated carbocycles. The average Bonchev–Trinajstić information content (AvgIpc) is 1.62. The SMILES string of the molecule is CC[C@H](C)[C@@H]1NC(=O)[C@@](C)(NC(=O)[C@H](CCC(N)=O)NC(=O)[C@@H]2CCCN2C(=O)[C@H](Cc2c[nH]c3ccccc23)NC(=O)[C@@H]([NH3+])CCCNC(N)N)CCC/C=C\C/C=C/[C@@](C)(C(=O)N[C@@H](Cc2c[nH]cn2)C(=O)N[C@H](C(=O)N[C@@H](CCCNC(N)N)C(=O)N[C@@H](CCCNC(N)N)C(=O)N[C@H](C(=O)N[C@@H](Cc2c[nH]c3ccccc23)C(=O)O)C(C)C)C(C)C)NC(=O)[C@H](CC(=O)O)NC(=O)[C@H](CC(C)C)NC1=O. The second-order valence-electron chi connectivity index (χ2n) is 38.5. The number of nitrogens with zero attached hydrogens (tertiary/aromatic N) is 2. The molecule has 0 radical (unpaired) electrons. The Labute approximate surface area is 836 Å². The second-order valence-corrected chi connectivity index (χ2v) is 38.5. The van der Waals surface area contributed by atoms with E-state index in [1.807, 2.05) is 30.3 Å². The number of carbonyl (C=O) groups is 17. The Morgan fingerprint density at radius 3 is 1.60 bits per heavy atom. The number of H-pyrrole nitrogens is 3. The lowest BCUT2D eigenvalue weighted by Crippen LogP contribution is -2.69. The summed E-state index contributed by atoms with van der Waals surface area (Å²) in [5.41, 5.74) is 42.9. The van der Waals surface area contributed by atoms with Crippen molar-refractivity contribution in [2.24, 2.45) is 63.8 Å². The van der Waals surface area contributed by atoms with Crippen LogP contribution in [0.15, 0.2) is 97.8 Å². The molecule has 5 aromatic rings. The molecule has 7 rings (SSSR count). The van der Waals surface area contributed by atoms with E-state index in [1.54, 1.807) is 98.1 Å². The Hall–Kier alpha value is -13.2. The molecule has 0 spiro atoms. The highest BCUT2D eigenvalue weighted by atomic mass is 16.4. The molecule has 2 aliphatic rings. The van der Waals surface area contributed by atoms with E-state index in [0.717, 1.165) is 21.8 Å². The Balaban J connectivity index is 1.17. The molecule has 38 N–H and O–H groups in total. The summed E-state index contributed by atoms with van der Waals surface area (Å²) in [6, 6.07) is -4.43. The maximum atomic E-state index is 15.5. The summed E-state index contributed by atoms with van der Waals surface area (Å²) in [5.74, 6) is -19.3. The van der Waals surface area contributed by atoms with Crippen LogP contribution in [0.3, 0.4) is 0 Å². The Kier molecular flexibility index (Phi) is 46.9. The maximum Gasteiger partial charge on any atom is 0.326 e. The van der Waals surface area contributed by atoms with Gasteiger partial charge in [-0.2, -0.15) is 0 Å². The molecule has 16 atom stereocenters. The van der Waals surface area contributed by atoms with Gasteiger partial charge < -0.3 is 145 Å². The smallest absolute Gasteiger partial charge is 0.326 e. The average molecular weight is 2020 g/mol. The molecule has 0 aliphatic carbocycles. The largest absolute Gasteiger partial charge is 0.481 e. The number of carboxylic acid groups (broad SMARTS) is 2. The number of carbonyl (C=O) groups excluding carboxylic acids is 15. The zero-order chi connectivity index (χ0) is 106. The fourth-order valence-electron chi connectivity index (χ4n) is 16.9. The Morgan fingerprint density at radius 1 is 0.556 bits per heavy atom. The molecular weight excluding hydrogens is 1860 g/mol. The van der Waals surface area contributed by atoms with Crippen molar-refractivity contribution in [1.29, 1.82) is 0 Å². The third-order valence-electron chi connectivity index (χ3n) is 25.3. The summed E-state index contributed by atoms with van der Waals surface area (Å²) in [7, 11) is 0. The fraction of sp³-hybridized carbons (Fsp3) is 0.583. The fourth-order valence-corrected chi connectivity index (χ4v) is 16.9. The highest BCUT2D eigenvalue weighted by Gasteiger charge is 2.46. The molecule has 15 amide bonds. The van der Waals surface area contributed by atoms with Crippen LogP contribution in [0.5, 0.6) is 0 Å². The van der Waals surface area contributed by atoms with Crippen LogP contribution in [0.25, 0.3) is 21.8 Å². The standard InChI is InChI=1S/C96H151N29O19/c1-11-54(8)76-87(139)116-66(42-51(2)3)80(132)115-68(46-73(127)128)83(135)124-95(9,36-20-14-12-13-15-21-37-96(10,91(144)122-76)123-82(134)65(34-35-72(98)126)113-84(136)71-33-25-41-125(71)88(140)69(43-55-47-109-61-29-18-16-26-58(55)61)117-77(129)60(97)28-22-38-106-92(99)100)90(143)119-67(45-57-49-105-50-111-57)81(133)121-74(52(4)5)85(137)114-63(31-23-39-107-93(101)102)78(130)112-64(32-24-40-108-94(103)104)79(131)120-75(53(6)7)86(138)118-70(89(141)142)44-56-48-110-62-30-19-17-27-59(56)62/h12-13,16-20,26-27,29-30,36,47-54,60,63-71,74-76,92-94,106-110H,11,14-15,21-25,28,31-35,37-46,97,99-104H2,1-10H3,(H2,98,126)(H,105,111)(H,112,130)(H,113,136)(H,114,137)(H,115,132)(H,116,139)(H,117,129)(H,118,138)(H,119,143)(H,120,131)(H,121,133)(H,122,144)(H,123,134)(H,124,135)(H,127,128)(H,141,142)/p+1/b13-12-,36-20+/t54-,60-,63-,64-,65-,66-,67-,68-,69-,70-,71-,74-,75-,76-,95-,96-/m0/s1. The lowest BCUT2D eigenvalue weighted by atomic mass is 9.90. The molecule has 0 unspecified atom stereocenters. The van der Waals surface area contributed by atoms with Crippen LogP contribution in [0.2, 0.25) is 0 Å². The van der Waals surface area contributed by atoms with E-state index < -0.39 is 258 Å². The van der Waals surface area contributed by atoms with E-state index in [-0.39, 0.29) is 109 Å². The zero-order valence-electron chi connectivity index (χ0n) is 83.7. The van der Waals surface area contributed by atoms with Crippen molar-refractivity contribution < 1.29 is 97.5 Å². The van der Waals surface area contributed by atoms with Crippen molar-refractivity contribution in [3.8, 4) is 0 Å². The van der Waals surface area contributed by atoms with Gasteiger partial charge >= 0.3 is 11.9 Å². The van der Waals surface area contributed by atoms with E-state index in [4.69, 9.17) is 40.1 Å². The normalized spacial score (nSPS) is 20.5. The van der Waals surface area contributed by atoms with Crippen molar-refractivity contribution in [3.63, 3.8) is 0 Å². The number of benzene rings is 2. The Morgan fingerprint density at radius 2 is 1.08 bits per heavy atom. The van der Waals surface area contributed by atoms with E-state index in [0.29, 0.717) is 36.9 Å². The number of amides is 15. The summed E-state index contributed by atoms with van der Waals surface area (Å²) in [4.78, 5) is 262. The minimum absolute atomic E-state index is 0.00981. The number of aromatic amines is 3. The number of para-hydroxylation sites is 2. The van der Waals surface area contributed by atoms with Gasteiger partial charge in [0.15, 0.2) is 6.04 Å². The molecule has 3 aromatic heterocycles. The van der Waals surface area contributed by atoms with Crippen LogP contribution in [0.4, 0.5) is 0 Å². The summed E-state index contributed by atoms with van der Waals surface area (Å²) in [6.45, 7) is 16.4. The number of imidazole rings is 1. The highest BCUT2D eigenvalue weighted by Crippen LogP contribution is 2.27. The maximum absolute atomic E-state index is 15.5. The summed E-state index contributed by atoms with van der Waals surface area (Å²) in [5, 5.41) is 65.9. The number of carboxylic acids is 2. The first-order valence-corrected chi connectivity index (χ1v) is 49.1. The van der Waals surface area contributed by atoms with Gasteiger partial charge in [-0.1, -0.05) is 123 Å². The van der Waals surface area contributed by atoms with Crippen LogP contribution >= 0.6 is 0 Å². The molecular formula is C96H152N29O19+. The van der Waals surface area contributed by atoms with E-state index >= 15 is 38.4 Å². The third-order valence-corrected chi connectivity index (χ3v) is 25.3. The van der Waals surface area contributed by atoms with Gasteiger partial charge in [-0.3, -0.25) is 92.7 Å². The summed E-state index contributed by atoms with van der Waals surface area (Å²) in [6.07, 6.45) is 8.08. The van der Waals surface area contributed by atoms with Gasteiger partial charge in [-0.25, -0.2) is 9.78 Å². The van der Waals surface area contributed by atoms with Gasteiger partial charge in [-0.05, 0) is 164 Å². The van der Waals surface area contributed by atoms with Crippen molar-refractivity contribution >= 4 is 122 Å². The van der Waals surface area contributed by atoms with Gasteiger partial charge in [0.05, 0.1) is 18.4 Å². The number of primary amides is 1. The van der Waals surface area contributed by atoms with Crippen LogP contribution in [0.1, 0.15) is 195 Å². The van der Waals surface area contributed by atoms with Crippen LogP contribution in [-0.4, -0.2) is 270 Å². The summed E-state index contributed by atoms with van der Waals surface area (Å²) >= 11 is 0. The third kappa shape index (κ3) is 36.9. The Bertz CT molecular complexity index is 5230. The lowest BCUT2D eigenvalue weighted by Gasteiger charge is -2.35. The van der Waals surface area contributed by atoms with Gasteiger partial charge in [-0.15, -0.1) is 0 Å². The number of aliphatic carboxylic acids is 2. The topological polar surface area (TPSA) is 796 Å². The number of rotatable bonds is 52. The van der Waals surface area contributed by atoms with Crippen molar-refractivity contribution in [1.82, 2.24) is 110 Å². The minimum atomic E-state index is -2.30. The highest BCUT2D eigenvalue weighted by molar-refractivity contribution is 6.03. The number of nitrogens with one attached hydrogen (secondary N) is 19. The van der Waals surface area contributed by atoms with E-state index in [1.165, 1.54) is 43.4 Å². The number of nitrogens with two attached hydrogens (primary N) is 7. The number of hydrogen-bond donors (Lipinski definition) is 29. The van der Waals surface area contributed by atoms with Crippen LogP contribution in [0, 0.1) is 23.7 Å². The van der Waals surface area contributed by atoms with Gasteiger partial charge in [0.25, 0.3) is 5.91 Å². The van der Waals surface area contributed by atoms with Crippen molar-refractivity contribution in [2.75, 3.05) is 26.2 Å². The van der Waals surface area contributed by atoms with Crippen LogP contribution < -0.4 is 131 Å². The first kappa shape index (κ1) is 118. The number of likely N-dealkylation sites (tertiary alicyclic amines) is 1. The second kappa shape index (κ2) is 57.3. The molecule has 2 aliphatic heterocycles. The number of fused-ring (bicyclic) bond motifs is 2. The summed E-state index contributed by atoms with van der Waals surface area (Å²) < 4.78 is 0. The van der Waals surface area contributed by atoms with Gasteiger partial charge in [0.2, 0.25) is 82.7 Å². The lowest BCUT2D eigenvalue weighted by molar-refractivity contribution is -0.405. The minimum Gasteiger partial charge on any atom is -0.481 e. The van der Waals surface area contributed by atoms with Gasteiger partial charge in [0, 0.05) is 79.0 Å². The molecule has 1 saturated heterocycles. The zero-order valence-corrected chi connectivity index (χ0v) is 83.7. The number of hydrogen-bond acceptors (Lipinski definition) is 27. The van der Waals surface area contributed by atoms with Crippen LogP contribution in [-0.2, 0) is 101 Å². The predicted octanol–water partition coefficient (Wildman–Crippen LogP) is -4.29. The first-order valence-electron chi connectivity index (χ1n) is 49.1. The molecule has 794 valence electrons. The molecule has 48 nitrogen and oxygen atoms in total. The van der Waals surface area contributed by atoms with Crippen molar-refractivity contribution in [2.45, 2.75) is 306 Å². The predicted molar refractivity (Wildman–Crippen MR) is 534 cm³/mol. The number of quaternary nitrogens is 1. The quantitative estimate of drug-likeness (QED) is 0.00995. The van der Waals surface area contributed by atoms with Crippen molar-refractivity contribution in [3.05, 3.63) is 115 Å². The van der Waals surface area contributed by atoms with E-state index in [9.17, 15) is 53.4 Å². The number of allylic oxidation sites excluding steroid dienone is 3. The first-order chi connectivity index (χ1) is 68.1. The molecule has 0 bridgehead atoms. The molecule has 2 aromatic carbocycles. The molecule has 144 heavy (non-hydrogen) atoms. The molecule has 48 heteroatoms. The monoisotopic (exact) mass is 2020 g/mol. The molecule has 1 fully saturated rings. The van der Waals surface area contributed by atoms with E-state index in [2.05, 4.69) is 111 Å². The van der Waals surface area contributed by atoms with Gasteiger partial charge in [0.1, 0.15) is 102 Å².